The van der Waals surface area contributed by atoms with Gasteiger partial charge in [0.2, 0.25) is 5.88 Å². The Morgan fingerprint density at radius 3 is 2.62 bits per heavy atom. The fraction of sp³-hybridized carbons (Fsp3) is 0.125. The zero-order valence-corrected chi connectivity index (χ0v) is 13.6. The number of halogens is 5. The van der Waals surface area contributed by atoms with E-state index in [4.69, 9.17) is 21.4 Å². The maximum atomic E-state index is 13.8. The van der Waals surface area contributed by atoms with E-state index in [-0.39, 0.29) is 22.1 Å². The summed E-state index contributed by atoms with van der Waals surface area (Å²) in [6.07, 6.45) is -2.37. The average molecular weight is 392 g/mol. The lowest BCUT2D eigenvalue weighted by molar-refractivity contribution is -0.154. The number of benzene rings is 1. The van der Waals surface area contributed by atoms with Crippen LogP contribution in [0.5, 0.6) is 17.4 Å². The number of carboxylic acid groups (broad SMARTS) is 1. The number of hydrogen-bond acceptors (Lipinski definition) is 4. The van der Waals surface area contributed by atoms with Crippen LogP contribution in [0.2, 0.25) is 5.02 Å². The number of alkyl halides is 3. The van der Waals surface area contributed by atoms with Gasteiger partial charge in [-0.15, -0.1) is 0 Å². The highest BCUT2D eigenvalue weighted by molar-refractivity contribution is 6.31. The van der Waals surface area contributed by atoms with Crippen molar-refractivity contribution in [1.29, 1.82) is 0 Å². The Balaban J connectivity index is 2.35. The van der Waals surface area contributed by atoms with E-state index < -0.39 is 36.0 Å². The molecule has 10 heteroatoms. The van der Waals surface area contributed by atoms with Crippen LogP contribution in [-0.4, -0.2) is 28.8 Å². The molecule has 2 rings (SSSR count). The summed E-state index contributed by atoms with van der Waals surface area (Å²) in [4.78, 5) is 14.9. The number of pyridine rings is 1. The van der Waals surface area contributed by atoms with Crippen molar-refractivity contribution in [3.8, 4) is 17.4 Å². The lowest BCUT2D eigenvalue weighted by Gasteiger charge is -2.14. The minimum absolute atomic E-state index is 0.134. The largest absolute Gasteiger partial charge is 0.477 e. The van der Waals surface area contributed by atoms with Crippen molar-refractivity contribution in [2.24, 2.45) is 0 Å². The van der Waals surface area contributed by atoms with Crippen molar-refractivity contribution < 1.29 is 36.9 Å². The lowest BCUT2D eigenvalue weighted by Crippen LogP contribution is -2.19. The third kappa shape index (κ3) is 4.63. The number of rotatable bonds is 6. The Morgan fingerprint density at radius 2 is 2.08 bits per heavy atom. The molecule has 0 radical (unpaired) electrons. The second-order valence-corrected chi connectivity index (χ2v) is 5.22. The molecule has 138 valence electrons. The molecule has 26 heavy (non-hydrogen) atoms. The van der Waals surface area contributed by atoms with Crippen LogP contribution in [0.1, 0.15) is 15.9 Å². The molecule has 0 amide bonds. The standard InChI is InChI=1S/C16H10ClF4NO4/c1-2-8-3-4-11(18)12(15(23)24)13(8)26-9-5-10(17)14(22-6-9)25-7-16(19,20)21/h2-6H,1,7H2,(H,23,24). The molecule has 0 spiro atoms. The Morgan fingerprint density at radius 1 is 1.38 bits per heavy atom. The van der Waals surface area contributed by atoms with E-state index in [9.17, 15) is 22.4 Å². The molecular formula is C16H10ClF4NO4. The maximum absolute atomic E-state index is 13.8. The lowest BCUT2D eigenvalue weighted by atomic mass is 10.1. The van der Waals surface area contributed by atoms with Crippen molar-refractivity contribution in [2.45, 2.75) is 6.18 Å². The minimum atomic E-state index is -4.57. The molecule has 0 unspecified atom stereocenters. The predicted octanol–water partition coefficient (Wildman–Crippen LogP) is 4.95. The summed E-state index contributed by atoms with van der Waals surface area (Å²) in [5.74, 6) is -3.59. The van der Waals surface area contributed by atoms with Crippen molar-refractivity contribution in [3.05, 3.63) is 52.9 Å². The molecule has 1 aromatic carbocycles. The normalized spacial score (nSPS) is 11.1. The van der Waals surface area contributed by atoms with Gasteiger partial charge in [-0.2, -0.15) is 13.2 Å². The van der Waals surface area contributed by atoms with E-state index >= 15 is 0 Å². The zero-order chi connectivity index (χ0) is 19.5. The second-order valence-electron chi connectivity index (χ2n) is 4.81. The summed E-state index contributed by atoms with van der Waals surface area (Å²) >= 11 is 5.79. The van der Waals surface area contributed by atoms with Gasteiger partial charge in [-0.3, -0.25) is 0 Å². The number of hydrogen-bond donors (Lipinski definition) is 1. The van der Waals surface area contributed by atoms with Crippen LogP contribution in [-0.2, 0) is 0 Å². The predicted molar refractivity (Wildman–Crippen MR) is 84.3 cm³/mol. The van der Waals surface area contributed by atoms with Crippen molar-refractivity contribution in [2.75, 3.05) is 6.61 Å². The molecule has 0 aliphatic rings. The first kappa shape index (κ1) is 19.5. The van der Waals surface area contributed by atoms with Crippen LogP contribution < -0.4 is 9.47 Å². The number of aromatic nitrogens is 1. The van der Waals surface area contributed by atoms with Gasteiger partial charge in [0.1, 0.15) is 22.2 Å². The Labute approximate surface area is 149 Å². The smallest absolute Gasteiger partial charge is 0.422 e. The minimum Gasteiger partial charge on any atom is -0.477 e. The first-order valence-corrected chi connectivity index (χ1v) is 7.21. The van der Waals surface area contributed by atoms with E-state index in [2.05, 4.69) is 16.3 Å². The third-order valence-corrected chi connectivity index (χ3v) is 3.22. The number of nitrogens with zero attached hydrogens (tertiary/aromatic N) is 1. The molecule has 5 nitrogen and oxygen atoms in total. The summed E-state index contributed by atoms with van der Waals surface area (Å²) in [7, 11) is 0. The van der Waals surface area contributed by atoms with E-state index in [0.717, 1.165) is 18.3 Å². The van der Waals surface area contributed by atoms with Crippen molar-refractivity contribution in [3.63, 3.8) is 0 Å². The molecule has 2 aromatic rings. The van der Waals surface area contributed by atoms with Crippen LogP contribution in [0.15, 0.2) is 31.0 Å². The number of carboxylic acids is 1. The Kier molecular flexibility index (Phi) is 5.71. The van der Waals surface area contributed by atoms with Crippen LogP contribution >= 0.6 is 11.6 Å². The van der Waals surface area contributed by atoms with Gasteiger partial charge < -0.3 is 14.6 Å². The molecule has 1 heterocycles. The molecule has 1 N–H and O–H groups in total. The van der Waals surface area contributed by atoms with E-state index in [1.165, 1.54) is 12.1 Å². The fourth-order valence-electron chi connectivity index (χ4n) is 1.88. The summed E-state index contributed by atoms with van der Waals surface area (Å²) in [6, 6.07) is 3.25. The molecule has 0 aliphatic heterocycles. The average Bonchev–Trinajstić information content (AvgIpc) is 2.53. The highest BCUT2D eigenvalue weighted by Crippen LogP contribution is 2.34. The Hall–Kier alpha value is -2.81. The van der Waals surface area contributed by atoms with E-state index in [1.807, 2.05) is 0 Å². The van der Waals surface area contributed by atoms with Gasteiger partial charge in [0.25, 0.3) is 0 Å². The van der Waals surface area contributed by atoms with Crippen molar-refractivity contribution in [1.82, 2.24) is 4.98 Å². The van der Waals surface area contributed by atoms with E-state index in [0.29, 0.717) is 0 Å². The van der Waals surface area contributed by atoms with E-state index in [1.54, 1.807) is 0 Å². The Bertz CT molecular complexity index is 855. The van der Waals surface area contributed by atoms with Gasteiger partial charge in [-0.05, 0) is 12.1 Å². The van der Waals surface area contributed by atoms with Crippen LogP contribution in [0.4, 0.5) is 17.6 Å². The molecule has 0 bridgehead atoms. The maximum Gasteiger partial charge on any atom is 0.422 e. The number of carbonyl (C=O) groups is 1. The molecule has 1 aromatic heterocycles. The monoisotopic (exact) mass is 391 g/mol. The van der Waals surface area contributed by atoms with Gasteiger partial charge in [-0.1, -0.05) is 24.3 Å². The highest BCUT2D eigenvalue weighted by Gasteiger charge is 2.29. The summed E-state index contributed by atoms with van der Waals surface area (Å²) in [5.41, 5.74) is -0.562. The van der Waals surface area contributed by atoms with Crippen LogP contribution in [0.3, 0.4) is 0 Å². The SMILES string of the molecule is C=Cc1ccc(F)c(C(=O)O)c1Oc1cnc(OCC(F)(F)F)c(Cl)c1. The van der Waals surface area contributed by atoms with Gasteiger partial charge in [0, 0.05) is 11.6 Å². The summed E-state index contributed by atoms with van der Waals surface area (Å²) in [6.45, 7) is 1.89. The van der Waals surface area contributed by atoms with Gasteiger partial charge >= 0.3 is 12.1 Å². The molecule has 0 aliphatic carbocycles. The first-order valence-electron chi connectivity index (χ1n) is 6.83. The van der Waals surface area contributed by atoms with Crippen LogP contribution in [0.25, 0.3) is 6.08 Å². The van der Waals surface area contributed by atoms with Gasteiger partial charge in [-0.25, -0.2) is 14.2 Å². The molecule has 0 fully saturated rings. The topological polar surface area (TPSA) is 68.7 Å². The summed E-state index contributed by atoms with van der Waals surface area (Å²) in [5, 5.41) is 8.86. The quantitative estimate of drug-likeness (QED) is 0.706. The van der Waals surface area contributed by atoms with Crippen molar-refractivity contribution >= 4 is 23.6 Å². The van der Waals surface area contributed by atoms with Gasteiger partial charge in [0.15, 0.2) is 12.4 Å². The molecule has 0 saturated carbocycles. The first-order chi connectivity index (χ1) is 12.1. The van der Waals surface area contributed by atoms with Crippen LogP contribution in [0, 0.1) is 5.82 Å². The zero-order valence-electron chi connectivity index (χ0n) is 12.8. The second kappa shape index (κ2) is 7.61. The van der Waals surface area contributed by atoms with Gasteiger partial charge in [0.05, 0.1) is 6.20 Å². The highest BCUT2D eigenvalue weighted by atomic mass is 35.5. The number of ether oxygens (including phenoxy) is 2. The molecule has 0 saturated heterocycles. The summed E-state index contributed by atoms with van der Waals surface area (Å²) < 4.78 is 60.1. The third-order valence-electron chi connectivity index (χ3n) is 2.95. The molecular weight excluding hydrogens is 382 g/mol. The number of aromatic carboxylic acids is 1. The molecule has 0 atom stereocenters. The fourth-order valence-corrected chi connectivity index (χ4v) is 2.09.